The number of piperidine rings is 1. The number of carboxylic acid groups (broad SMARTS) is 1. The van der Waals surface area contributed by atoms with Crippen LogP contribution in [0.3, 0.4) is 0 Å². The summed E-state index contributed by atoms with van der Waals surface area (Å²) in [4.78, 5) is 24.0. The maximum Gasteiger partial charge on any atom is 0.317 e. The van der Waals surface area contributed by atoms with E-state index >= 15 is 0 Å². The second-order valence-electron chi connectivity index (χ2n) is 3.85. The number of carbonyl (C=O) groups excluding carboxylic acids is 1. The van der Waals surface area contributed by atoms with Crippen molar-refractivity contribution in [3.05, 3.63) is 0 Å². The number of rotatable bonds is 4. The Labute approximate surface area is 94.6 Å². The zero-order chi connectivity index (χ0) is 12.0. The van der Waals surface area contributed by atoms with Crippen molar-refractivity contribution in [2.75, 3.05) is 33.4 Å². The molecule has 1 aliphatic heterocycles. The number of hydrogen-bond acceptors (Lipinski definition) is 3. The molecule has 0 aromatic heterocycles. The van der Waals surface area contributed by atoms with Crippen molar-refractivity contribution in [3.8, 4) is 0 Å². The first-order valence-electron chi connectivity index (χ1n) is 5.39. The van der Waals surface area contributed by atoms with Crippen LogP contribution >= 0.6 is 0 Å². The lowest BCUT2D eigenvalue weighted by atomic mass is 9.99. The smallest absolute Gasteiger partial charge is 0.317 e. The van der Waals surface area contributed by atoms with E-state index in [-0.39, 0.29) is 6.03 Å². The molecule has 0 aromatic carbocycles. The molecule has 16 heavy (non-hydrogen) atoms. The number of carboxylic acids is 1. The number of urea groups is 1. The SMILES string of the molecule is COCCNC(=O)N1CCC[C@@H](C(=O)O)C1. The summed E-state index contributed by atoms with van der Waals surface area (Å²) >= 11 is 0. The van der Waals surface area contributed by atoms with Gasteiger partial charge in [0.2, 0.25) is 0 Å². The van der Waals surface area contributed by atoms with Gasteiger partial charge in [0.25, 0.3) is 0 Å². The number of hydrogen-bond donors (Lipinski definition) is 2. The number of methoxy groups -OCH3 is 1. The van der Waals surface area contributed by atoms with Gasteiger partial charge < -0.3 is 20.1 Å². The minimum absolute atomic E-state index is 0.206. The van der Waals surface area contributed by atoms with E-state index in [1.165, 1.54) is 0 Å². The molecule has 6 heteroatoms. The van der Waals surface area contributed by atoms with E-state index in [0.717, 1.165) is 6.42 Å². The normalized spacial score (nSPS) is 20.6. The monoisotopic (exact) mass is 230 g/mol. The Morgan fingerprint density at radius 3 is 2.94 bits per heavy atom. The number of carbonyl (C=O) groups is 2. The van der Waals surface area contributed by atoms with E-state index in [1.807, 2.05) is 0 Å². The van der Waals surface area contributed by atoms with Gasteiger partial charge in [-0.05, 0) is 12.8 Å². The molecule has 0 radical (unpaired) electrons. The zero-order valence-electron chi connectivity index (χ0n) is 9.44. The molecule has 0 aliphatic carbocycles. The zero-order valence-corrected chi connectivity index (χ0v) is 9.44. The highest BCUT2D eigenvalue weighted by atomic mass is 16.5. The van der Waals surface area contributed by atoms with Crippen LogP contribution in [0.2, 0.25) is 0 Å². The van der Waals surface area contributed by atoms with Gasteiger partial charge in [0.05, 0.1) is 12.5 Å². The number of nitrogens with one attached hydrogen (secondary N) is 1. The molecule has 1 saturated heterocycles. The second-order valence-corrected chi connectivity index (χ2v) is 3.85. The average molecular weight is 230 g/mol. The van der Waals surface area contributed by atoms with E-state index in [9.17, 15) is 9.59 Å². The van der Waals surface area contributed by atoms with Gasteiger partial charge in [-0.2, -0.15) is 0 Å². The van der Waals surface area contributed by atoms with Crippen molar-refractivity contribution in [2.24, 2.45) is 5.92 Å². The fourth-order valence-electron chi connectivity index (χ4n) is 1.74. The fraction of sp³-hybridized carbons (Fsp3) is 0.800. The Bertz CT molecular complexity index is 257. The lowest BCUT2D eigenvalue weighted by Crippen LogP contribution is -2.47. The molecule has 0 bridgehead atoms. The van der Waals surface area contributed by atoms with Crippen molar-refractivity contribution < 1.29 is 19.4 Å². The van der Waals surface area contributed by atoms with E-state index in [0.29, 0.717) is 32.7 Å². The average Bonchev–Trinajstić information content (AvgIpc) is 2.29. The Kier molecular flexibility index (Phi) is 5.04. The van der Waals surface area contributed by atoms with Crippen LogP contribution < -0.4 is 5.32 Å². The first kappa shape index (κ1) is 12.8. The summed E-state index contributed by atoms with van der Waals surface area (Å²) < 4.78 is 4.81. The first-order chi connectivity index (χ1) is 7.65. The van der Waals surface area contributed by atoms with Crippen LogP contribution in [0.5, 0.6) is 0 Å². The lowest BCUT2D eigenvalue weighted by Gasteiger charge is -2.30. The van der Waals surface area contributed by atoms with Crippen molar-refractivity contribution in [3.63, 3.8) is 0 Å². The summed E-state index contributed by atoms with van der Waals surface area (Å²) in [7, 11) is 1.56. The Morgan fingerprint density at radius 1 is 1.56 bits per heavy atom. The molecule has 6 nitrogen and oxygen atoms in total. The van der Waals surface area contributed by atoms with Gasteiger partial charge in [0.15, 0.2) is 0 Å². The van der Waals surface area contributed by atoms with Crippen LogP contribution in [-0.2, 0) is 9.53 Å². The summed E-state index contributed by atoms with van der Waals surface area (Å²) in [5, 5.41) is 11.6. The topological polar surface area (TPSA) is 78.9 Å². The first-order valence-corrected chi connectivity index (χ1v) is 5.39. The Balaban J connectivity index is 2.35. The number of aliphatic carboxylic acids is 1. The summed E-state index contributed by atoms with van der Waals surface area (Å²) in [5.74, 6) is -1.25. The van der Waals surface area contributed by atoms with Gasteiger partial charge in [0.1, 0.15) is 0 Å². The molecule has 0 aromatic rings. The van der Waals surface area contributed by atoms with Crippen LogP contribution in [0.1, 0.15) is 12.8 Å². The molecule has 0 saturated carbocycles. The quantitative estimate of drug-likeness (QED) is 0.673. The Morgan fingerprint density at radius 2 is 2.31 bits per heavy atom. The highest BCUT2D eigenvalue weighted by Crippen LogP contribution is 2.16. The standard InChI is InChI=1S/C10H18N2O4/c1-16-6-4-11-10(15)12-5-2-3-8(7-12)9(13)14/h8H,2-7H2,1H3,(H,11,15)(H,13,14)/t8-/m1/s1. The number of likely N-dealkylation sites (tertiary alicyclic amines) is 1. The van der Waals surface area contributed by atoms with E-state index < -0.39 is 11.9 Å². The fourth-order valence-corrected chi connectivity index (χ4v) is 1.74. The highest BCUT2D eigenvalue weighted by molar-refractivity contribution is 5.76. The molecule has 1 aliphatic rings. The van der Waals surface area contributed by atoms with Gasteiger partial charge in [-0.1, -0.05) is 0 Å². The predicted molar refractivity (Wildman–Crippen MR) is 57.2 cm³/mol. The molecule has 1 heterocycles. The van der Waals surface area contributed by atoms with E-state index in [2.05, 4.69) is 5.32 Å². The van der Waals surface area contributed by atoms with Crippen molar-refractivity contribution in [1.29, 1.82) is 0 Å². The second kappa shape index (κ2) is 6.32. The number of ether oxygens (including phenoxy) is 1. The molecule has 0 spiro atoms. The van der Waals surface area contributed by atoms with Gasteiger partial charge in [-0.3, -0.25) is 4.79 Å². The van der Waals surface area contributed by atoms with Gasteiger partial charge in [0, 0.05) is 26.7 Å². The lowest BCUT2D eigenvalue weighted by molar-refractivity contribution is -0.143. The maximum absolute atomic E-state index is 11.6. The third-order valence-corrected chi connectivity index (χ3v) is 2.64. The van der Waals surface area contributed by atoms with Crippen LogP contribution in [-0.4, -0.2) is 55.4 Å². The third kappa shape index (κ3) is 3.69. The maximum atomic E-state index is 11.6. The minimum atomic E-state index is -0.825. The third-order valence-electron chi connectivity index (χ3n) is 2.64. The van der Waals surface area contributed by atoms with Crippen molar-refractivity contribution >= 4 is 12.0 Å². The largest absolute Gasteiger partial charge is 0.481 e. The molecular weight excluding hydrogens is 212 g/mol. The van der Waals surface area contributed by atoms with Crippen molar-refractivity contribution in [1.82, 2.24) is 10.2 Å². The molecule has 1 fully saturated rings. The van der Waals surface area contributed by atoms with Gasteiger partial charge >= 0.3 is 12.0 Å². The van der Waals surface area contributed by atoms with Crippen LogP contribution in [0, 0.1) is 5.92 Å². The summed E-state index contributed by atoms with van der Waals surface area (Å²) in [6, 6.07) is -0.206. The van der Waals surface area contributed by atoms with Gasteiger partial charge in [-0.25, -0.2) is 4.79 Å². The van der Waals surface area contributed by atoms with Crippen LogP contribution in [0.15, 0.2) is 0 Å². The molecule has 0 unspecified atom stereocenters. The number of nitrogens with zero attached hydrogens (tertiary/aromatic N) is 1. The summed E-state index contributed by atoms with van der Waals surface area (Å²) in [6.45, 7) is 1.84. The number of amides is 2. The molecule has 1 atom stereocenters. The minimum Gasteiger partial charge on any atom is -0.481 e. The molecule has 92 valence electrons. The summed E-state index contributed by atoms with van der Waals surface area (Å²) in [5.41, 5.74) is 0. The Hall–Kier alpha value is -1.30. The molecule has 2 amide bonds. The predicted octanol–water partition coefficient (Wildman–Crippen LogP) is 0.139. The molecule has 1 rings (SSSR count). The van der Waals surface area contributed by atoms with E-state index in [1.54, 1.807) is 12.0 Å². The van der Waals surface area contributed by atoms with Crippen LogP contribution in [0.4, 0.5) is 4.79 Å². The highest BCUT2D eigenvalue weighted by Gasteiger charge is 2.27. The summed E-state index contributed by atoms with van der Waals surface area (Å²) in [6.07, 6.45) is 1.39. The van der Waals surface area contributed by atoms with E-state index in [4.69, 9.17) is 9.84 Å². The molecule has 2 N–H and O–H groups in total. The van der Waals surface area contributed by atoms with Crippen LogP contribution in [0.25, 0.3) is 0 Å². The van der Waals surface area contributed by atoms with Crippen molar-refractivity contribution in [2.45, 2.75) is 12.8 Å². The van der Waals surface area contributed by atoms with Gasteiger partial charge in [-0.15, -0.1) is 0 Å². The molecular formula is C10H18N2O4.